The molecule has 2 heterocycles. The molecule has 176 valence electrons. The van der Waals surface area contributed by atoms with Crippen molar-refractivity contribution in [2.75, 3.05) is 32.5 Å². The summed E-state index contributed by atoms with van der Waals surface area (Å²) < 4.78 is 65.7. The number of sulfonamides is 1. The topological polar surface area (TPSA) is 102 Å². The molecule has 0 unspecified atom stereocenters. The first-order valence-electron chi connectivity index (χ1n) is 10.1. The molecule has 4 rings (SSSR count). The number of hydrogen-bond acceptors (Lipinski definition) is 8. The summed E-state index contributed by atoms with van der Waals surface area (Å²) in [4.78, 5) is 2.15. The molecule has 8 nitrogen and oxygen atoms in total. The highest BCUT2D eigenvalue weighted by Crippen LogP contribution is 2.41. The molecule has 3 aromatic rings. The fraction of sp³-hybridized carbons (Fsp3) is 0.273. The maximum Gasteiger partial charge on any atom is 0.271 e. The summed E-state index contributed by atoms with van der Waals surface area (Å²) in [5, 5.41) is 0. The molecule has 0 bridgehead atoms. The Balaban J connectivity index is 1.65. The van der Waals surface area contributed by atoms with Gasteiger partial charge in [-0.25, -0.2) is 16.8 Å². The zero-order valence-electron chi connectivity index (χ0n) is 18.3. The number of benzene rings is 2. The van der Waals surface area contributed by atoms with Crippen LogP contribution < -0.4 is 14.2 Å². The largest absolute Gasteiger partial charge is 0.496 e. The Morgan fingerprint density at radius 1 is 1.00 bits per heavy atom. The van der Waals surface area contributed by atoms with Crippen molar-refractivity contribution in [3.05, 3.63) is 60.2 Å². The molecular weight excluding hydrogens is 484 g/mol. The van der Waals surface area contributed by atoms with Gasteiger partial charge in [-0.3, -0.25) is 4.72 Å². The molecule has 33 heavy (non-hydrogen) atoms. The molecule has 1 aromatic heterocycles. The van der Waals surface area contributed by atoms with Crippen molar-refractivity contribution >= 4 is 36.9 Å². The van der Waals surface area contributed by atoms with Crippen LogP contribution in [0.5, 0.6) is 11.5 Å². The summed E-state index contributed by atoms with van der Waals surface area (Å²) in [5.41, 5.74) is 1.06. The second kappa shape index (κ2) is 8.98. The third-order valence-electron chi connectivity index (χ3n) is 5.41. The van der Waals surface area contributed by atoms with Crippen molar-refractivity contribution in [2.24, 2.45) is 0 Å². The van der Waals surface area contributed by atoms with E-state index in [0.29, 0.717) is 35.9 Å². The van der Waals surface area contributed by atoms with Crippen LogP contribution in [0.2, 0.25) is 0 Å². The molecule has 2 aromatic carbocycles. The number of anilines is 1. The third kappa shape index (κ3) is 4.58. The number of ether oxygens (including phenoxy) is 2. The number of sulfone groups is 1. The highest BCUT2D eigenvalue weighted by atomic mass is 32.3. The number of nitrogens with zero attached hydrogens (tertiary/aromatic N) is 1. The molecule has 1 aliphatic rings. The standard InChI is InChI=1S/C22H24N2O6S3/c1-24(2)15-13-17-19(29-3)10-9-18(22(17)30-14-15)23-33(27,28)21-12-11-20(31-21)32(25,26)16-7-5-4-6-8-16/h4-12,15,23H,13-14H2,1-3H3/t15-/m1/s1. The smallest absolute Gasteiger partial charge is 0.271 e. The van der Waals surface area contributed by atoms with E-state index in [9.17, 15) is 16.8 Å². The number of nitrogens with one attached hydrogen (secondary N) is 1. The van der Waals surface area contributed by atoms with Crippen LogP contribution in [0.25, 0.3) is 0 Å². The van der Waals surface area contributed by atoms with Crippen LogP contribution in [0.3, 0.4) is 0 Å². The Labute approximate surface area is 197 Å². The summed E-state index contributed by atoms with van der Waals surface area (Å²) in [6.45, 7) is 0.403. The van der Waals surface area contributed by atoms with Crippen LogP contribution >= 0.6 is 11.3 Å². The molecule has 1 N–H and O–H groups in total. The molecule has 0 radical (unpaired) electrons. The van der Waals surface area contributed by atoms with E-state index in [-0.39, 0.29) is 25.0 Å². The highest BCUT2D eigenvalue weighted by molar-refractivity contribution is 7.96. The second-order valence-corrected chi connectivity index (χ2v) is 12.9. The molecule has 0 saturated carbocycles. The molecule has 1 aliphatic heterocycles. The van der Waals surface area contributed by atoms with Crippen LogP contribution in [0.15, 0.2) is 67.9 Å². The number of fused-ring (bicyclic) bond motifs is 1. The number of hydrogen-bond donors (Lipinski definition) is 1. The van der Waals surface area contributed by atoms with Gasteiger partial charge in [0, 0.05) is 11.6 Å². The lowest BCUT2D eigenvalue weighted by atomic mass is 10.00. The summed E-state index contributed by atoms with van der Waals surface area (Å²) in [6.07, 6.45) is 0.638. The zero-order chi connectivity index (χ0) is 23.8. The molecule has 0 aliphatic carbocycles. The fourth-order valence-electron chi connectivity index (χ4n) is 3.55. The highest BCUT2D eigenvalue weighted by Gasteiger charge is 2.30. The first kappa shape index (κ1) is 23.6. The third-order valence-corrected chi connectivity index (χ3v) is 10.6. The quantitative estimate of drug-likeness (QED) is 0.523. The number of rotatable bonds is 7. The molecule has 0 fully saturated rings. The van der Waals surface area contributed by atoms with E-state index in [1.165, 1.54) is 24.3 Å². The molecule has 0 amide bonds. The Kier molecular flexibility index (Phi) is 6.41. The SMILES string of the molecule is COc1ccc(NS(=O)(=O)c2ccc(S(=O)(=O)c3ccccc3)s2)c2c1C[C@@H](N(C)C)CO2. The summed E-state index contributed by atoms with van der Waals surface area (Å²) in [5.74, 6) is 1.04. The average Bonchev–Trinajstić information content (AvgIpc) is 3.32. The lowest BCUT2D eigenvalue weighted by Crippen LogP contribution is -2.38. The Hall–Kier alpha value is -2.60. The van der Waals surface area contributed by atoms with Crippen molar-refractivity contribution in [3.8, 4) is 11.5 Å². The molecule has 0 spiro atoms. The van der Waals surface area contributed by atoms with Gasteiger partial charge in [-0.2, -0.15) is 0 Å². The lowest BCUT2D eigenvalue weighted by Gasteiger charge is -2.32. The Morgan fingerprint density at radius 3 is 2.36 bits per heavy atom. The van der Waals surface area contributed by atoms with Crippen LogP contribution in [-0.2, 0) is 26.3 Å². The van der Waals surface area contributed by atoms with Gasteiger partial charge in [0.15, 0.2) is 0 Å². The van der Waals surface area contributed by atoms with Crippen molar-refractivity contribution in [2.45, 2.75) is 25.8 Å². The van der Waals surface area contributed by atoms with Gasteiger partial charge in [0.05, 0.1) is 17.7 Å². The molecule has 11 heteroatoms. The van der Waals surface area contributed by atoms with Gasteiger partial charge in [-0.1, -0.05) is 18.2 Å². The minimum Gasteiger partial charge on any atom is -0.496 e. The minimum absolute atomic E-state index is 0.0455. The molecule has 1 atom stereocenters. The second-order valence-electron chi connectivity index (χ2n) is 7.75. The van der Waals surface area contributed by atoms with Crippen LogP contribution in [0.4, 0.5) is 5.69 Å². The summed E-state index contributed by atoms with van der Waals surface area (Å²) in [7, 11) is -2.39. The van der Waals surface area contributed by atoms with E-state index < -0.39 is 19.9 Å². The Bertz CT molecular complexity index is 1370. The van der Waals surface area contributed by atoms with Gasteiger partial charge < -0.3 is 14.4 Å². The maximum atomic E-state index is 13.1. The van der Waals surface area contributed by atoms with Crippen LogP contribution in [0, 0.1) is 0 Å². The molecular formula is C22H24N2O6S3. The van der Waals surface area contributed by atoms with Gasteiger partial charge in [-0.05, 0) is 56.9 Å². The fourth-order valence-corrected chi connectivity index (χ4v) is 7.80. The van der Waals surface area contributed by atoms with E-state index >= 15 is 0 Å². The van der Waals surface area contributed by atoms with Gasteiger partial charge in [0.1, 0.15) is 26.5 Å². The van der Waals surface area contributed by atoms with Crippen LogP contribution in [-0.4, -0.2) is 55.6 Å². The summed E-state index contributed by atoms with van der Waals surface area (Å²) >= 11 is 0.700. The zero-order valence-corrected chi connectivity index (χ0v) is 20.8. The van der Waals surface area contributed by atoms with E-state index in [1.54, 1.807) is 37.4 Å². The monoisotopic (exact) mass is 508 g/mol. The van der Waals surface area contributed by atoms with Gasteiger partial charge >= 0.3 is 0 Å². The van der Waals surface area contributed by atoms with E-state index in [1.807, 2.05) is 19.0 Å². The van der Waals surface area contributed by atoms with Crippen molar-refractivity contribution in [3.63, 3.8) is 0 Å². The van der Waals surface area contributed by atoms with Crippen molar-refractivity contribution < 1.29 is 26.3 Å². The normalized spacial score (nSPS) is 16.2. The van der Waals surface area contributed by atoms with E-state index in [0.717, 1.165) is 5.56 Å². The van der Waals surface area contributed by atoms with Crippen molar-refractivity contribution in [1.29, 1.82) is 0 Å². The number of likely N-dealkylation sites (N-methyl/N-ethyl adjacent to an activating group) is 1. The van der Waals surface area contributed by atoms with Gasteiger partial charge in [0.25, 0.3) is 10.0 Å². The molecule has 0 saturated heterocycles. The first-order valence-corrected chi connectivity index (χ1v) is 13.8. The van der Waals surface area contributed by atoms with Gasteiger partial charge in [-0.15, -0.1) is 11.3 Å². The summed E-state index contributed by atoms with van der Waals surface area (Å²) in [6, 6.07) is 13.9. The average molecular weight is 509 g/mol. The Morgan fingerprint density at radius 2 is 1.70 bits per heavy atom. The van der Waals surface area contributed by atoms with E-state index in [4.69, 9.17) is 9.47 Å². The lowest BCUT2D eigenvalue weighted by molar-refractivity contribution is 0.164. The first-order chi connectivity index (χ1) is 15.6. The minimum atomic E-state index is -4.05. The predicted molar refractivity (Wildman–Crippen MR) is 127 cm³/mol. The maximum absolute atomic E-state index is 13.1. The predicted octanol–water partition coefficient (Wildman–Crippen LogP) is 3.26. The van der Waals surface area contributed by atoms with Gasteiger partial charge in [0.2, 0.25) is 9.84 Å². The number of methoxy groups -OCH3 is 1. The van der Waals surface area contributed by atoms with Crippen LogP contribution in [0.1, 0.15) is 5.56 Å². The van der Waals surface area contributed by atoms with E-state index in [2.05, 4.69) is 4.72 Å². The number of thiophene rings is 1. The van der Waals surface area contributed by atoms with Crippen molar-refractivity contribution in [1.82, 2.24) is 4.90 Å².